The zero-order chi connectivity index (χ0) is 12.4. The highest BCUT2D eigenvalue weighted by Crippen LogP contribution is 2.33. The largest absolute Gasteiger partial charge is 0.477 e. The lowest BCUT2D eigenvalue weighted by Crippen LogP contribution is -2.28. The molecule has 2 rings (SSSR count). The topological polar surface area (TPSA) is 79.5 Å². The number of nitrogens with two attached hydrogens (primary N) is 1. The van der Waals surface area contributed by atoms with Gasteiger partial charge in [-0.25, -0.2) is 9.78 Å². The van der Waals surface area contributed by atoms with Crippen molar-refractivity contribution in [3.63, 3.8) is 0 Å². The molecule has 1 aromatic rings. The van der Waals surface area contributed by atoms with Crippen LogP contribution in [0.4, 0.5) is 11.5 Å². The van der Waals surface area contributed by atoms with Crippen molar-refractivity contribution in [2.24, 2.45) is 0 Å². The quantitative estimate of drug-likeness (QED) is 0.812. The number of hydrogen-bond donors (Lipinski definition) is 2. The van der Waals surface area contributed by atoms with Crippen LogP contribution in [0.25, 0.3) is 0 Å². The van der Waals surface area contributed by atoms with Crippen molar-refractivity contribution in [3.05, 3.63) is 17.8 Å². The van der Waals surface area contributed by atoms with Crippen LogP contribution < -0.4 is 10.6 Å². The monoisotopic (exact) mass is 235 g/mol. The molecule has 0 aromatic carbocycles. The van der Waals surface area contributed by atoms with Crippen molar-refractivity contribution < 1.29 is 9.90 Å². The Bertz CT molecular complexity index is 430. The fourth-order valence-corrected chi connectivity index (χ4v) is 1.90. The van der Waals surface area contributed by atoms with Gasteiger partial charge in [0.25, 0.3) is 0 Å². The summed E-state index contributed by atoms with van der Waals surface area (Å²) in [5.41, 5.74) is 6.49. The number of hydrogen-bond acceptors (Lipinski definition) is 4. The van der Waals surface area contributed by atoms with E-state index in [1.807, 2.05) is 0 Å². The number of carbonyl (C=O) groups is 1. The molecule has 5 heteroatoms. The lowest BCUT2D eigenvalue weighted by Gasteiger charge is -2.24. The summed E-state index contributed by atoms with van der Waals surface area (Å²) >= 11 is 0. The second kappa shape index (κ2) is 4.61. The molecule has 0 unspecified atom stereocenters. The first-order valence-corrected chi connectivity index (χ1v) is 5.90. The van der Waals surface area contributed by atoms with E-state index in [9.17, 15) is 4.79 Å². The summed E-state index contributed by atoms with van der Waals surface area (Å²) in [6.07, 6.45) is 3.27. The molecule has 1 saturated carbocycles. The van der Waals surface area contributed by atoms with E-state index in [1.54, 1.807) is 6.07 Å². The van der Waals surface area contributed by atoms with Crippen LogP contribution in [0.3, 0.4) is 0 Å². The van der Waals surface area contributed by atoms with Gasteiger partial charge in [0.2, 0.25) is 0 Å². The molecule has 1 fully saturated rings. The fraction of sp³-hybridized carbons (Fsp3) is 0.500. The van der Waals surface area contributed by atoms with Crippen molar-refractivity contribution in [1.29, 1.82) is 0 Å². The Balaban J connectivity index is 2.33. The number of nitrogen functional groups attached to an aromatic ring is 1. The highest BCUT2D eigenvalue weighted by molar-refractivity contribution is 5.87. The first-order valence-electron chi connectivity index (χ1n) is 5.90. The van der Waals surface area contributed by atoms with Gasteiger partial charge in [-0.3, -0.25) is 0 Å². The molecule has 0 amide bonds. The summed E-state index contributed by atoms with van der Waals surface area (Å²) < 4.78 is 0. The van der Waals surface area contributed by atoms with E-state index >= 15 is 0 Å². The van der Waals surface area contributed by atoms with Crippen LogP contribution >= 0.6 is 0 Å². The molecule has 0 radical (unpaired) electrons. The van der Waals surface area contributed by atoms with E-state index in [1.165, 1.54) is 6.07 Å². The number of aromatic nitrogens is 1. The van der Waals surface area contributed by atoms with Crippen LogP contribution in [-0.2, 0) is 0 Å². The number of aromatic carboxylic acids is 1. The Morgan fingerprint density at radius 1 is 1.59 bits per heavy atom. The number of nitrogens with zero attached hydrogens (tertiary/aromatic N) is 2. The predicted octanol–water partition coefficient (Wildman–Crippen LogP) is 1.74. The molecule has 3 N–H and O–H groups in total. The first kappa shape index (κ1) is 11.7. The lowest BCUT2D eigenvalue weighted by atomic mass is 10.3. The van der Waals surface area contributed by atoms with E-state index in [0.717, 1.165) is 25.8 Å². The maximum Gasteiger partial charge on any atom is 0.354 e. The van der Waals surface area contributed by atoms with Gasteiger partial charge in [0.15, 0.2) is 11.5 Å². The molecule has 0 saturated heterocycles. The van der Waals surface area contributed by atoms with Gasteiger partial charge >= 0.3 is 5.97 Å². The Hall–Kier alpha value is -1.78. The standard InChI is InChI=1S/C12H17N3O2/c1-2-7-15(8-3-4-8)11-9(13)5-6-10(14-11)12(16)17/h5-6,8H,2-4,7,13H2,1H3,(H,16,17). The number of rotatable bonds is 5. The maximum atomic E-state index is 10.9. The number of pyridine rings is 1. The third kappa shape index (κ3) is 2.49. The molecule has 1 aliphatic rings. The Morgan fingerprint density at radius 2 is 2.29 bits per heavy atom. The minimum Gasteiger partial charge on any atom is -0.477 e. The van der Waals surface area contributed by atoms with Crippen molar-refractivity contribution >= 4 is 17.5 Å². The normalized spacial score (nSPS) is 14.6. The molecule has 1 heterocycles. The summed E-state index contributed by atoms with van der Waals surface area (Å²) in [5, 5.41) is 8.94. The van der Waals surface area contributed by atoms with Crippen LogP contribution in [0, 0.1) is 0 Å². The first-order chi connectivity index (χ1) is 8.13. The summed E-state index contributed by atoms with van der Waals surface area (Å²) in [6.45, 7) is 2.96. The van der Waals surface area contributed by atoms with Crippen LogP contribution in [0.15, 0.2) is 12.1 Å². The second-order valence-corrected chi connectivity index (χ2v) is 4.34. The van der Waals surface area contributed by atoms with Crippen LogP contribution in [-0.4, -0.2) is 28.6 Å². The summed E-state index contributed by atoms with van der Waals surface area (Å²) in [6, 6.07) is 3.54. The third-order valence-electron chi connectivity index (χ3n) is 2.85. The zero-order valence-electron chi connectivity index (χ0n) is 9.89. The Kier molecular flexibility index (Phi) is 3.17. The second-order valence-electron chi connectivity index (χ2n) is 4.34. The van der Waals surface area contributed by atoms with Gasteiger partial charge in [-0.15, -0.1) is 0 Å². The van der Waals surface area contributed by atoms with Crippen LogP contribution in [0.5, 0.6) is 0 Å². The third-order valence-corrected chi connectivity index (χ3v) is 2.85. The molecule has 0 bridgehead atoms. The van der Waals surface area contributed by atoms with Gasteiger partial charge < -0.3 is 15.7 Å². The molecular formula is C12H17N3O2. The van der Waals surface area contributed by atoms with E-state index in [2.05, 4.69) is 16.8 Å². The average molecular weight is 235 g/mol. The average Bonchev–Trinajstić information content (AvgIpc) is 3.10. The van der Waals surface area contributed by atoms with Crippen LogP contribution in [0.2, 0.25) is 0 Å². The van der Waals surface area contributed by atoms with Crippen molar-refractivity contribution in [2.45, 2.75) is 32.2 Å². The lowest BCUT2D eigenvalue weighted by molar-refractivity contribution is 0.0690. The van der Waals surface area contributed by atoms with Gasteiger partial charge in [-0.05, 0) is 31.4 Å². The number of carboxylic acid groups (broad SMARTS) is 1. The molecule has 1 aliphatic carbocycles. The minimum absolute atomic E-state index is 0.0518. The van der Waals surface area contributed by atoms with Gasteiger partial charge in [0.1, 0.15) is 0 Å². The molecule has 92 valence electrons. The SMILES string of the molecule is CCCN(c1nc(C(=O)O)ccc1N)C1CC1. The smallest absolute Gasteiger partial charge is 0.354 e. The van der Waals surface area contributed by atoms with E-state index in [-0.39, 0.29) is 5.69 Å². The van der Waals surface area contributed by atoms with Gasteiger partial charge in [-0.1, -0.05) is 6.92 Å². The summed E-state index contributed by atoms with van der Waals surface area (Å²) in [4.78, 5) is 17.2. The van der Waals surface area contributed by atoms with Crippen molar-refractivity contribution in [1.82, 2.24) is 4.98 Å². The van der Waals surface area contributed by atoms with E-state index in [0.29, 0.717) is 17.5 Å². The summed E-state index contributed by atoms with van der Waals surface area (Å²) in [5.74, 6) is -0.396. The van der Waals surface area contributed by atoms with E-state index < -0.39 is 5.97 Å². The Morgan fingerprint density at radius 3 is 2.82 bits per heavy atom. The molecular weight excluding hydrogens is 218 g/mol. The highest BCUT2D eigenvalue weighted by atomic mass is 16.4. The minimum atomic E-state index is -1.02. The van der Waals surface area contributed by atoms with Crippen molar-refractivity contribution in [2.75, 3.05) is 17.2 Å². The molecule has 17 heavy (non-hydrogen) atoms. The molecule has 0 atom stereocenters. The molecule has 5 nitrogen and oxygen atoms in total. The van der Waals surface area contributed by atoms with Crippen LogP contribution in [0.1, 0.15) is 36.7 Å². The van der Waals surface area contributed by atoms with Gasteiger partial charge in [0, 0.05) is 12.6 Å². The Labute approximate surface area is 100 Å². The van der Waals surface area contributed by atoms with Gasteiger partial charge in [-0.2, -0.15) is 0 Å². The fourth-order valence-electron chi connectivity index (χ4n) is 1.90. The molecule has 0 spiro atoms. The van der Waals surface area contributed by atoms with Crippen molar-refractivity contribution in [3.8, 4) is 0 Å². The maximum absolute atomic E-state index is 10.9. The van der Waals surface area contributed by atoms with Gasteiger partial charge in [0.05, 0.1) is 5.69 Å². The number of anilines is 2. The summed E-state index contributed by atoms with van der Waals surface area (Å²) in [7, 11) is 0. The highest BCUT2D eigenvalue weighted by Gasteiger charge is 2.30. The molecule has 1 aromatic heterocycles. The number of carboxylic acids is 1. The molecule has 0 aliphatic heterocycles. The zero-order valence-corrected chi connectivity index (χ0v) is 9.89. The predicted molar refractivity (Wildman–Crippen MR) is 66.3 cm³/mol. The van der Waals surface area contributed by atoms with E-state index in [4.69, 9.17) is 10.8 Å².